The number of hydrogen-bond donors (Lipinski definition) is 0. The second kappa shape index (κ2) is 4.47. The third-order valence-corrected chi connectivity index (χ3v) is 3.85. The number of amides is 1. The lowest BCUT2D eigenvalue weighted by atomic mass is 9.86. The van der Waals surface area contributed by atoms with E-state index in [-0.39, 0.29) is 5.91 Å². The molecule has 2 aliphatic heterocycles. The van der Waals surface area contributed by atoms with Gasteiger partial charge >= 0.3 is 0 Å². The van der Waals surface area contributed by atoms with E-state index in [0.29, 0.717) is 0 Å². The molecule has 0 N–H and O–H groups in total. The lowest BCUT2D eigenvalue weighted by Gasteiger charge is -2.32. The van der Waals surface area contributed by atoms with Crippen LogP contribution in [0.25, 0.3) is 0 Å². The minimum atomic E-state index is -0.536. The van der Waals surface area contributed by atoms with Gasteiger partial charge in [-0.05, 0) is 32.4 Å². The van der Waals surface area contributed by atoms with Gasteiger partial charge in [-0.15, -0.1) is 6.42 Å². The Kier molecular flexibility index (Phi) is 3.20. The third kappa shape index (κ3) is 1.94. The second-order valence-electron chi connectivity index (χ2n) is 5.04. The number of hydrogen-bond acceptors (Lipinski definition) is 2. The van der Waals surface area contributed by atoms with Gasteiger partial charge in [0.05, 0.1) is 0 Å². The normalized spacial score (nSPS) is 31.8. The van der Waals surface area contributed by atoms with Crippen molar-refractivity contribution in [2.75, 3.05) is 33.2 Å². The van der Waals surface area contributed by atoms with Crippen molar-refractivity contribution in [2.45, 2.75) is 25.7 Å². The molecule has 2 saturated heterocycles. The molecule has 1 unspecified atom stereocenters. The largest absolute Gasteiger partial charge is 0.344 e. The van der Waals surface area contributed by atoms with Crippen LogP contribution in [0.5, 0.6) is 0 Å². The highest BCUT2D eigenvalue weighted by Crippen LogP contribution is 2.32. The molecule has 0 aliphatic carbocycles. The van der Waals surface area contributed by atoms with Crippen molar-refractivity contribution in [2.24, 2.45) is 5.41 Å². The molecule has 0 spiro atoms. The topological polar surface area (TPSA) is 23.6 Å². The molecule has 0 aromatic carbocycles. The number of rotatable bonds is 2. The molecular formula is C13H20N2O. The van der Waals surface area contributed by atoms with E-state index in [9.17, 15) is 4.79 Å². The Morgan fingerprint density at radius 3 is 2.50 bits per heavy atom. The van der Waals surface area contributed by atoms with Crippen molar-refractivity contribution >= 4 is 5.91 Å². The maximum absolute atomic E-state index is 12.1. The van der Waals surface area contributed by atoms with Crippen molar-refractivity contribution in [1.82, 2.24) is 9.80 Å². The summed E-state index contributed by atoms with van der Waals surface area (Å²) in [6, 6.07) is 0. The lowest BCUT2D eigenvalue weighted by molar-refractivity contribution is -0.133. The summed E-state index contributed by atoms with van der Waals surface area (Å²) in [6.07, 6.45) is 10.2. The highest BCUT2D eigenvalue weighted by molar-refractivity contribution is 5.88. The van der Waals surface area contributed by atoms with E-state index in [1.165, 1.54) is 19.3 Å². The molecule has 0 saturated carbocycles. The zero-order chi connectivity index (χ0) is 11.6. The van der Waals surface area contributed by atoms with Gasteiger partial charge in [-0.1, -0.05) is 12.3 Å². The van der Waals surface area contributed by atoms with E-state index < -0.39 is 5.41 Å². The van der Waals surface area contributed by atoms with Crippen molar-refractivity contribution in [3.63, 3.8) is 0 Å². The first kappa shape index (κ1) is 11.5. The summed E-state index contributed by atoms with van der Waals surface area (Å²) in [7, 11) is 1.84. The summed E-state index contributed by atoms with van der Waals surface area (Å²) >= 11 is 0. The van der Waals surface area contributed by atoms with E-state index in [2.05, 4.69) is 10.8 Å². The minimum absolute atomic E-state index is 0.139. The molecule has 0 aromatic heterocycles. The fourth-order valence-corrected chi connectivity index (χ4v) is 2.76. The Hall–Kier alpha value is -1.01. The van der Waals surface area contributed by atoms with Crippen molar-refractivity contribution in [3.05, 3.63) is 0 Å². The molecule has 2 fully saturated rings. The zero-order valence-corrected chi connectivity index (χ0v) is 10.0. The molecule has 1 atom stereocenters. The number of piperidine rings is 1. The number of carbonyl (C=O) groups is 1. The summed E-state index contributed by atoms with van der Waals surface area (Å²) in [6.45, 7) is 3.75. The maximum Gasteiger partial charge on any atom is 0.241 e. The molecule has 2 rings (SSSR count). The van der Waals surface area contributed by atoms with Crippen LogP contribution < -0.4 is 0 Å². The first-order chi connectivity index (χ1) is 7.68. The van der Waals surface area contributed by atoms with Crippen molar-refractivity contribution < 1.29 is 4.79 Å². The molecule has 2 heterocycles. The van der Waals surface area contributed by atoms with Gasteiger partial charge in [0, 0.05) is 20.1 Å². The molecular weight excluding hydrogens is 200 g/mol. The smallest absolute Gasteiger partial charge is 0.241 e. The van der Waals surface area contributed by atoms with Gasteiger partial charge in [-0.2, -0.15) is 0 Å². The van der Waals surface area contributed by atoms with Gasteiger partial charge in [0.25, 0.3) is 0 Å². The summed E-state index contributed by atoms with van der Waals surface area (Å²) < 4.78 is 0. The average Bonchev–Trinajstić information content (AvgIpc) is 2.60. The standard InChI is InChI=1S/C13H20N2O/c1-3-13(7-10-14(2)12(13)16)11-15-8-5-4-6-9-15/h1H,4-11H2,2H3. The van der Waals surface area contributed by atoms with Crippen LogP contribution in [0.4, 0.5) is 0 Å². The van der Waals surface area contributed by atoms with E-state index in [1.54, 1.807) is 4.90 Å². The van der Waals surface area contributed by atoms with Crippen LogP contribution in [-0.4, -0.2) is 48.9 Å². The zero-order valence-electron chi connectivity index (χ0n) is 10.0. The minimum Gasteiger partial charge on any atom is -0.344 e. The van der Waals surface area contributed by atoms with Gasteiger partial charge < -0.3 is 9.80 Å². The monoisotopic (exact) mass is 220 g/mol. The number of nitrogens with zero attached hydrogens (tertiary/aromatic N) is 2. The van der Waals surface area contributed by atoms with Crippen LogP contribution >= 0.6 is 0 Å². The quantitative estimate of drug-likeness (QED) is 0.647. The van der Waals surface area contributed by atoms with Crippen LogP contribution in [0.1, 0.15) is 25.7 Å². The highest BCUT2D eigenvalue weighted by Gasteiger charge is 2.45. The summed E-state index contributed by atoms with van der Waals surface area (Å²) in [5, 5.41) is 0. The van der Waals surface area contributed by atoms with Crippen LogP contribution in [-0.2, 0) is 4.79 Å². The van der Waals surface area contributed by atoms with E-state index >= 15 is 0 Å². The fourth-order valence-electron chi connectivity index (χ4n) is 2.76. The van der Waals surface area contributed by atoms with Crippen LogP contribution in [0.2, 0.25) is 0 Å². The van der Waals surface area contributed by atoms with Crippen LogP contribution in [0.15, 0.2) is 0 Å². The van der Waals surface area contributed by atoms with Crippen molar-refractivity contribution in [1.29, 1.82) is 0 Å². The molecule has 3 nitrogen and oxygen atoms in total. The molecule has 1 amide bonds. The van der Waals surface area contributed by atoms with Gasteiger partial charge in [-0.3, -0.25) is 4.79 Å². The number of carbonyl (C=O) groups excluding carboxylic acids is 1. The Labute approximate surface area is 97.8 Å². The summed E-state index contributed by atoms with van der Waals surface area (Å²) in [4.78, 5) is 16.2. The molecule has 88 valence electrons. The predicted molar refractivity (Wildman–Crippen MR) is 63.8 cm³/mol. The molecule has 16 heavy (non-hydrogen) atoms. The van der Waals surface area contributed by atoms with Gasteiger partial charge in [-0.25, -0.2) is 0 Å². The molecule has 3 heteroatoms. The Bertz CT molecular complexity index is 314. The van der Waals surface area contributed by atoms with E-state index in [4.69, 9.17) is 6.42 Å². The second-order valence-corrected chi connectivity index (χ2v) is 5.04. The third-order valence-electron chi connectivity index (χ3n) is 3.85. The van der Waals surface area contributed by atoms with Crippen LogP contribution in [0.3, 0.4) is 0 Å². The molecule has 0 bridgehead atoms. The van der Waals surface area contributed by atoms with Crippen LogP contribution in [0, 0.1) is 17.8 Å². The highest BCUT2D eigenvalue weighted by atomic mass is 16.2. The number of likely N-dealkylation sites (tertiary alicyclic amines) is 2. The SMILES string of the molecule is C#CC1(CN2CCCCC2)CCN(C)C1=O. The predicted octanol–water partition coefficient (Wildman–Crippen LogP) is 0.954. The summed E-state index contributed by atoms with van der Waals surface area (Å²) in [5.74, 6) is 2.91. The van der Waals surface area contributed by atoms with Crippen molar-refractivity contribution in [3.8, 4) is 12.3 Å². The van der Waals surface area contributed by atoms with Gasteiger partial charge in [0.1, 0.15) is 5.41 Å². The Morgan fingerprint density at radius 2 is 2.00 bits per heavy atom. The number of terminal acetylenes is 1. The van der Waals surface area contributed by atoms with E-state index in [0.717, 1.165) is 32.6 Å². The Morgan fingerprint density at radius 1 is 1.31 bits per heavy atom. The van der Waals surface area contributed by atoms with E-state index in [1.807, 2.05) is 7.05 Å². The summed E-state index contributed by atoms with van der Waals surface area (Å²) in [5.41, 5.74) is -0.536. The molecule has 0 aromatic rings. The Balaban J connectivity index is 2.05. The van der Waals surface area contributed by atoms with Gasteiger partial charge in [0.15, 0.2) is 0 Å². The first-order valence-corrected chi connectivity index (χ1v) is 6.14. The van der Waals surface area contributed by atoms with Gasteiger partial charge in [0.2, 0.25) is 5.91 Å². The molecule has 0 radical (unpaired) electrons. The molecule has 2 aliphatic rings. The fraction of sp³-hybridized carbons (Fsp3) is 0.769. The average molecular weight is 220 g/mol. The first-order valence-electron chi connectivity index (χ1n) is 6.14. The lowest BCUT2D eigenvalue weighted by Crippen LogP contribution is -2.44. The maximum atomic E-state index is 12.1.